The summed E-state index contributed by atoms with van der Waals surface area (Å²) in [6.45, 7) is 6.90. The van der Waals surface area contributed by atoms with Crippen LogP contribution in [0.4, 0.5) is 5.69 Å². The summed E-state index contributed by atoms with van der Waals surface area (Å²) in [4.78, 5) is 2.55. The Labute approximate surface area is 110 Å². The highest BCUT2D eigenvalue weighted by Crippen LogP contribution is 2.25. The van der Waals surface area contributed by atoms with E-state index in [1.807, 2.05) is 6.07 Å². The van der Waals surface area contributed by atoms with Crippen LogP contribution < -0.4 is 10.1 Å². The highest BCUT2D eigenvalue weighted by atomic mass is 16.5. The van der Waals surface area contributed by atoms with Crippen molar-refractivity contribution in [2.24, 2.45) is 0 Å². The van der Waals surface area contributed by atoms with Crippen molar-refractivity contribution in [2.75, 3.05) is 38.6 Å². The molecule has 18 heavy (non-hydrogen) atoms. The van der Waals surface area contributed by atoms with E-state index < -0.39 is 0 Å². The Kier molecular flexibility index (Phi) is 4.88. The van der Waals surface area contributed by atoms with Crippen LogP contribution in [0.25, 0.3) is 0 Å². The molecule has 2 rings (SSSR count). The molecule has 0 amide bonds. The third-order valence-corrected chi connectivity index (χ3v) is 3.52. The number of aryl methyl sites for hydroxylation is 1. The number of nitrogens with one attached hydrogen (secondary N) is 1. The molecule has 1 aliphatic rings. The Bertz CT molecular complexity index is 373. The molecule has 0 aromatic heterocycles. The van der Waals surface area contributed by atoms with Crippen LogP contribution in [0.15, 0.2) is 18.2 Å². The summed E-state index contributed by atoms with van der Waals surface area (Å²) in [7, 11) is 1.72. The average molecular weight is 248 g/mol. The fraction of sp³-hybridized carbons (Fsp3) is 0.600. The van der Waals surface area contributed by atoms with Gasteiger partial charge in [-0.2, -0.15) is 0 Å². The molecule has 3 heteroatoms. The first-order valence-electron chi connectivity index (χ1n) is 6.90. The fourth-order valence-electron chi connectivity index (χ4n) is 2.49. The van der Waals surface area contributed by atoms with Gasteiger partial charge in [-0.05, 0) is 63.5 Å². The van der Waals surface area contributed by atoms with E-state index in [1.165, 1.54) is 44.5 Å². The molecular formula is C15H24N2O. The van der Waals surface area contributed by atoms with E-state index in [9.17, 15) is 0 Å². The minimum absolute atomic E-state index is 0.932. The molecule has 1 aromatic carbocycles. The second-order valence-corrected chi connectivity index (χ2v) is 5.03. The quantitative estimate of drug-likeness (QED) is 0.783. The maximum absolute atomic E-state index is 5.36. The normalized spacial score (nSPS) is 15.9. The Morgan fingerprint density at radius 1 is 1.28 bits per heavy atom. The molecule has 3 nitrogen and oxygen atoms in total. The number of hydrogen-bond donors (Lipinski definition) is 1. The van der Waals surface area contributed by atoms with Gasteiger partial charge in [0, 0.05) is 6.54 Å². The zero-order valence-corrected chi connectivity index (χ0v) is 11.5. The molecule has 0 spiro atoms. The minimum atomic E-state index is 0.932. The number of rotatable bonds is 6. The van der Waals surface area contributed by atoms with E-state index in [4.69, 9.17) is 4.74 Å². The van der Waals surface area contributed by atoms with Gasteiger partial charge in [-0.3, -0.25) is 0 Å². The first-order chi connectivity index (χ1) is 8.79. The van der Waals surface area contributed by atoms with E-state index in [1.54, 1.807) is 7.11 Å². The summed E-state index contributed by atoms with van der Waals surface area (Å²) in [5, 5.41) is 3.48. The van der Waals surface area contributed by atoms with Crippen LogP contribution in [-0.4, -0.2) is 38.2 Å². The number of ether oxygens (including phenoxy) is 1. The number of anilines is 1. The smallest absolute Gasteiger partial charge is 0.141 e. The number of benzene rings is 1. The SMILES string of the molecule is COc1ccc(C)cc1NCCCN1CCCC1. The molecule has 0 unspecified atom stereocenters. The Hall–Kier alpha value is -1.22. The molecule has 1 N–H and O–H groups in total. The van der Waals surface area contributed by atoms with E-state index in [-0.39, 0.29) is 0 Å². The molecular weight excluding hydrogens is 224 g/mol. The largest absolute Gasteiger partial charge is 0.495 e. The van der Waals surface area contributed by atoms with Gasteiger partial charge < -0.3 is 15.0 Å². The van der Waals surface area contributed by atoms with E-state index in [2.05, 4.69) is 29.3 Å². The van der Waals surface area contributed by atoms with Crippen molar-refractivity contribution in [1.29, 1.82) is 0 Å². The molecule has 0 saturated carbocycles. The zero-order chi connectivity index (χ0) is 12.8. The summed E-state index contributed by atoms with van der Waals surface area (Å²) in [5.41, 5.74) is 2.37. The molecule has 0 aliphatic carbocycles. The first-order valence-corrected chi connectivity index (χ1v) is 6.90. The highest BCUT2D eigenvalue weighted by molar-refractivity contribution is 5.57. The van der Waals surface area contributed by atoms with Crippen LogP contribution >= 0.6 is 0 Å². The van der Waals surface area contributed by atoms with Crippen LogP contribution in [0.2, 0.25) is 0 Å². The van der Waals surface area contributed by atoms with Crippen LogP contribution in [0.3, 0.4) is 0 Å². The summed E-state index contributed by atoms with van der Waals surface area (Å²) in [6, 6.07) is 6.25. The second kappa shape index (κ2) is 6.64. The predicted molar refractivity (Wildman–Crippen MR) is 76.5 cm³/mol. The predicted octanol–water partition coefficient (Wildman–Crippen LogP) is 2.90. The summed E-state index contributed by atoms with van der Waals surface area (Å²) < 4.78 is 5.36. The van der Waals surface area contributed by atoms with Gasteiger partial charge in [0.05, 0.1) is 12.8 Å². The Morgan fingerprint density at radius 3 is 2.78 bits per heavy atom. The van der Waals surface area contributed by atoms with Crippen molar-refractivity contribution in [3.63, 3.8) is 0 Å². The highest BCUT2D eigenvalue weighted by Gasteiger charge is 2.10. The van der Waals surface area contributed by atoms with Gasteiger partial charge in [0.25, 0.3) is 0 Å². The molecule has 1 aromatic rings. The lowest BCUT2D eigenvalue weighted by molar-refractivity contribution is 0.337. The second-order valence-electron chi connectivity index (χ2n) is 5.03. The molecule has 0 bridgehead atoms. The lowest BCUT2D eigenvalue weighted by atomic mass is 10.2. The van der Waals surface area contributed by atoms with Crippen molar-refractivity contribution < 1.29 is 4.74 Å². The number of methoxy groups -OCH3 is 1. The molecule has 1 fully saturated rings. The van der Waals surface area contributed by atoms with E-state index >= 15 is 0 Å². The summed E-state index contributed by atoms with van der Waals surface area (Å²) in [6.07, 6.45) is 3.94. The van der Waals surface area contributed by atoms with Crippen LogP contribution in [0.1, 0.15) is 24.8 Å². The van der Waals surface area contributed by atoms with E-state index in [0.29, 0.717) is 0 Å². The first kappa shape index (κ1) is 13.2. The van der Waals surface area contributed by atoms with Crippen molar-refractivity contribution >= 4 is 5.69 Å². The van der Waals surface area contributed by atoms with Crippen LogP contribution in [0, 0.1) is 6.92 Å². The summed E-state index contributed by atoms with van der Waals surface area (Å²) >= 11 is 0. The Morgan fingerprint density at radius 2 is 2.06 bits per heavy atom. The van der Waals surface area contributed by atoms with Crippen molar-refractivity contribution in [2.45, 2.75) is 26.2 Å². The lowest BCUT2D eigenvalue weighted by Gasteiger charge is -2.16. The molecule has 1 saturated heterocycles. The van der Waals surface area contributed by atoms with Gasteiger partial charge in [-0.1, -0.05) is 6.07 Å². The third kappa shape index (κ3) is 3.64. The van der Waals surface area contributed by atoms with Gasteiger partial charge in [-0.25, -0.2) is 0 Å². The standard InChI is InChI=1S/C15H24N2O/c1-13-6-7-15(18-2)14(12-13)16-8-5-11-17-9-3-4-10-17/h6-7,12,16H,3-5,8-11H2,1-2H3. The maximum Gasteiger partial charge on any atom is 0.141 e. The number of hydrogen-bond acceptors (Lipinski definition) is 3. The van der Waals surface area contributed by atoms with Gasteiger partial charge in [-0.15, -0.1) is 0 Å². The maximum atomic E-state index is 5.36. The third-order valence-electron chi connectivity index (χ3n) is 3.52. The van der Waals surface area contributed by atoms with Gasteiger partial charge in [0.1, 0.15) is 5.75 Å². The Balaban J connectivity index is 1.76. The molecule has 1 heterocycles. The van der Waals surface area contributed by atoms with Gasteiger partial charge >= 0.3 is 0 Å². The van der Waals surface area contributed by atoms with Crippen molar-refractivity contribution in [3.05, 3.63) is 23.8 Å². The number of nitrogens with zero attached hydrogens (tertiary/aromatic N) is 1. The molecule has 0 atom stereocenters. The van der Waals surface area contributed by atoms with E-state index in [0.717, 1.165) is 18.0 Å². The molecule has 1 aliphatic heterocycles. The fourth-order valence-corrected chi connectivity index (χ4v) is 2.49. The van der Waals surface area contributed by atoms with Crippen molar-refractivity contribution in [1.82, 2.24) is 4.90 Å². The topological polar surface area (TPSA) is 24.5 Å². The minimum Gasteiger partial charge on any atom is -0.495 e. The van der Waals surface area contributed by atoms with Crippen LogP contribution in [0.5, 0.6) is 5.75 Å². The molecule has 100 valence electrons. The van der Waals surface area contributed by atoms with Crippen molar-refractivity contribution in [3.8, 4) is 5.75 Å². The monoisotopic (exact) mass is 248 g/mol. The van der Waals surface area contributed by atoms with Gasteiger partial charge in [0.15, 0.2) is 0 Å². The lowest BCUT2D eigenvalue weighted by Crippen LogP contribution is -2.22. The number of likely N-dealkylation sites (tertiary alicyclic amines) is 1. The molecule has 0 radical (unpaired) electrons. The zero-order valence-electron chi connectivity index (χ0n) is 11.5. The average Bonchev–Trinajstić information content (AvgIpc) is 2.88. The van der Waals surface area contributed by atoms with Crippen LogP contribution in [-0.2, 0) is 0 Å². The van der Waals surface area contributed by atoms with Gasteiger partial charge in [0.2, 0.25) is 0 Å². The summed E-state index contributed by atoms with van der Waals surface area (Å²) in [5.74, 6) is 0.932.